The molecule has 194 valence electrons. The number of nitrogens with zero attached hydrogens (tertiary/aromatic N) is 1. The van der Waals surface area contributed by atoms with Crippen LogP contribution in [0.4, 0.5) is 0 Å². The van der Waals surface area contributed by atoms with Gasteiger partial charge in [-0.05, 0) is 50.0 Å². The molecule has 1 saturated heterocycles. The van der Waals surface area contributed by atoms with Crippen molar-refractivity contribution in [3.05, 3.63) is 23.8 Å². The van der Waals surface area contributed by atoms with Gasteiger partial charge in [0.15, 0.2) is 11.5 Å². The molecule has 35 heavy (non-hydrogen) atoms. The van der Waals surface area contributed by atoms with Gasteiger partial charge < -0.3 is 29.5 Å². The van der Waals surface area contributed by atoms with Crippen molar-refractivity contribution in [3.63, 3.8) is 0 Å². The van der Waals surface area contributed by atoms with Gasteiger partial charge in [0, 0.05) is 13.0 Å². The van der Waals surface area contributed by atoms with E-state index < -0.39 is 30.5 Å². The molecular formula is C26H38N2O7. The minimum atomic E-state index is -1.26. The second kappa shape index (κ2) is 13.9. The number of carbonyl (C=O) groups is 3. The molecule has 2 heterocycles. The van der Waals surface area contributed by atoms with E-state index in [2.05, 4.69) is 17.1 Å². The molecule has 2 unspecified atom stereocenters. The molecule has 2 atom stereocenters. The molecule has 0 radical (unpaired) electrons. The van der Waals surface area contributed by atoms with Crippen LogP contribution in [0.15, 0.2) is 18.2 Å². The zero-order valence-electron chi connectivity index (χ0n) is 20.6. The average Bonchev–Trinajstić information content (AvgIpc) is 3.34. The van der Waals surface area contributed by atoms with Gasteiger partial charge in [0.05, 0.1) is 6.04 Å². The van der Waals surface area contributed by atoms with E-state index in [1.54, 1.807) is 18.2 Å². The van der Waals surface area contributed by atoms with Gasteiger partial charge in [-0.2, -0.15) is 0 Å². The van der Waals surface area contributed by atoms with Gasteiger partial charge in [-0.1, -0.05) is 38.7 Å². The fourth-order valence-electron chi connectivity index (χ4n) is 4.55. The maximum atomic E-state index is 12.9. The molecule has 0 spiro atoms. The van der Waals surface area contributed by atoms with Gasteiger partial charge in [-0.3, -0.25) is 14.4 Å². The summed E-state index contributed by atoms with van der Waals surface area (Å²) in [5.74, 6) is -1.07. The number of nitrogens with one attached hydrogen (secondary N) is 1. The molecular weight excluding hydrogens is 452 g/mol. The van der Waals surface area contributed by atoms with E-state index >= 15 is 0 Å². The maximum Gasteiger partial charge on any atom is 0.317 e. The molecule has 1 aromatic carbocycles. The Bertz CT molecular complexity index is 854. The number of rotatable bonds is 14. The minimum absolute atomic E-state index is 0.0949. The van der Waals surface area contributed by atoms with Crippen molar-refractivity contribution < 1.29 is 33.7 Å². The Morgan fingerprint density at radius 1 is 1.06 bits per heavy atom. The van der Waals surface area contributed by atoms with Gasteiger partial charge in [-0.25, -0.2) is 0 Å². The summed E-state index contributed by atoms with van der Waals surface area (Å²) in [7, 11) is 0. The highest BCUT2D eigenvalue weighted by molar-refractivity contribution is 5.90. The SMILES string of the molecule is CCCCCCCC(=O)NC(CN1CCCC1)C(OC(=O)CC(=O)O)c1ccc2c(c1)OCCO2. The molecule has 0 aliphatic carbocycles. The van der Waals surface area contributed by atoms with Crippen LogP contribution in [0.5, 0.6) is 11.5 Å². The van der Waals surface area contributed by atoms with Gasteiger partial charge in [0.25, 0.3) is 0 Å². The largest absolute Gasteiger partial charge is 0.486 e. The normalized spacial score (nSPS) is 16.9. The summed E-state index contributed by atoms with van der Waals surface area (Å²) in [6, 6.07) is 4.75. The van der Waals surface area contributed by atoms with Crippen molar-refractivity contribution in [2.24, 2.45) is 0 Å². The predicted molar refractivity (Wildman–Crippen MR) is 129 cm³/mol. The number of hydrogen-bond acceptors (Lipinski definition) is 7. The highest BCUT2D eigenvalue weighted by Crippen LogP contribution is 2.35. The number of fused-ring (bicyclic) bond motifs is 1. The molecule has 0 aromatic heterocycles. The lowest BCUT2D eigenvalue weighted by Gasteiger charge is -2.32. The summed E-state index contributed by atoms with van der Waals surface area (Å²) in [4.78, 5) is 38.7. The summed E-state index contributed by atoms with van der Waals surface area (Å²) in [5, 5.41) is 12.2. The molecule has 9 heteroatoms. The van der Waals surface area contributed by atoms with E-state index in [1.165, 1.54) is 0 Å². The van der Waals surface area contributed by atoms with E-state index in [4.69, 9.17) is 19.3 Å². The first-order valence-corrected chi connectivity index (χ1v) is 12.8. The Labute approximate surface area is 207 Å². The number of benzene rings is 1. The number of carboxylic acid groups (broad SMARTS) is 1. The zero-order chi connectivity index (χ0) is 25.0. The van der Waals surface area contributed by atoms with Gasteiger partial charge >= 0.3 is 11.9 Å². The summed E-state index contributed by atoms with van der Waals surface area (Å²) in [5.41, 5.74) is 0.625. The number of likely N-dealkylation sites (tertiary alicyclic amines) is 1. The Kier molecular flexibility index (Phi) is 10.7. The quantitative estimate of drug-likeness (QED) is 0.232. The van der Waals surface area contributed by atoms with E-state index in [9.17, 15) is 14.4 Å². The average molecular weight is 491 g/mol. The van der Waals surface area contributed by atoms with Crippen molar-refractivity contribution in [1.29, 1.82) is 0 Å². The molecule has 9 nitrogen and oxygen atoms in total. The van der Waals surface area contributed by atoms with Crippen molar-refractivity contribution in [2.45, 2.75) is 76.9 Å². The number of carboxylic acids is 1. The minimum Gasteiger partial charge on any atom is -0.486 e. The number of aliphatic carboxylic acids is 1. The third-order valence-corrected chi connectivity index (χ3v) is 6.32. The molecule has 3 rings (SSSR count). The van der Waals surface area contributed by atoms with Crippen LogP contribution in [-0.4, -0.2) is 66.7 Å². The molecule has 1 fully saturated rings. The number of amides is 1. The van der Waals surface area contributed by atoms with Crippen LogP contribution in [0.25, 0.3) is 0 Å². The van der Waals surface area contributed by atoms with E-state index in [-0.39, 0.29) is 5.91 Å². The van der Waals surface area contributed by atoms with Crippen molar-refractivity contribution in [2.75, 3.05) is 32.8 Å². The zero-order valence-corrected chi connectivity index (χ0v) is 20.6. The monoisotopic (exact) mass is 490 g/mol. The predicted octanol–water partition coefficient (Wildman–Crippen LogP) is 3.46. The summed E-state index contributed by atoms with van der Waals surface area (Å²) in [6.07, 6.45) is 6.15. The lowest BCUT2D eigenvalue weighted by Crippen LogP contribution is -2.47. The number of ether oxygens (including phenoxy) is 3. The molecule has 2 N–H and O–H groups in total. The second-order valence-corrected chi connectivity index (χ2v) is 9.23. The van der Waals surface area contributed by atoms with Crippen LogP contribution in [0, 0.1) is 0 Å². The molecule has 2 aliphatic heterocycles. The third kappa shape index (κ3) is 8.72. The summed E-state index contributed by atoms with van der Waals surface area (Å²) >= 11 is 0. The van der Waals surface area contributed by atoms with Crippen molar-refractivity contribution in [3.8, 4) is 11.5 Å². The first-order valence-electron chi connectivity index (χ1n) is 12.8. The highest BCUT2D eigenvalue weighted by atomic mass is 16.6. The van der Waals surface area contributed by atoms with Crippen molar-refractivity contribution in [1.82, 2.24) is 10.2 Å². The standard InChI is InChI=1S/C26H38N2O7/c1-2-3-4-5-6-9-23(29)27-20(18-28-12-7-8-13-28)26(35-25(32)17-24(30)31)19-10-11-21-22(16-19)34-15-14-33-21/h10-11,16,20,26H,2-9,12-15,17-18H2,1H3,(H,27,29)(H,30,31). The number of unbranched alkanes of at least 4 members (excludes halogenated alkanes) is 4. The smallest absolute Gasteiger partial charge is 0.317 e. The van der Waals surface area contributed by atoms with E-state index in [1.807, 2.05) is 0 Å². The molecule has 1 amide bonds. The molecule has 0 saturated carbocycles. The van der Waals surface area contributed by atoms with Crippen LogP contribution in [0.3, 0.4) is 0 Å². The fourth-order valence-corrected chi connectivity index (χ4v) is 4.55. The molecule has 1 aromatic rings. The van der Waals surface area contributed by atoms with E-state index in [0.29, 0.717) is 43.2 Å². The number of esters is 1. The van der Waals surface area contributed by atoms with Crippen LogP contribution in [0.1, 0.15) is 76.4 Å². The summed E-state index contributed by atoms with van der Waals surface area (Å²) < 4.78 is 17.0. The Morgan fingerprint density at radius 2 is 1.77 bits per heavy atom. The maximum absolute atomic E-state index is 12.9. The fraction of sp³-hybridized carbons (Fsp3) is 0.654. The molecule has 0 bridgehead atoms. The Balaban J connectivity index is 1.80. The third-order valence-electron chi connectivity index (χ3n) is 6.32. The Hall–Kier alpha value is -2.81. The van der Waals surface area contributed by atoms with E-state index in [0.717, 1.165) is 58.0 Å². The second-order valence-electron chi connectivity index (χ2n) is 9.23. The lowest BCUT2D eigenvalue weighted by molar-refractivity contribution is -0.157. The highest BCUT2D eigenvalue weighted by Gasteiger charge is 2.32. The first kappa shape index (κ1) is 26.8. The van der Waals surface area contributed by atoms with Gasteiger partial charge in [0.1, 0.15) is 25.7 Å². The van der Waals surface area contributed by atoms with Gasteiger partial charge in [-0.15, -0.1) is 0 Å². The lowest BCUT2D eigenvalue weighted by atomic mass is 10.00. The van der Waals surface area contributed by atoms with Gasteiger partial charge in [0.2, 0.25) is 5.91 Å². The van der Waals surface area contributed by atoms with Crippen LogP contribution >= 0.6 is 0 Å². The van der Waals surface area contributed by atoms with Crippen LogP contribution in [0.2, 0.25) is 0 Å². The first-order chi connectivity index (χ1) is 17.0. The van der Waals surface area contributed by atoms with Crippen molar-refractivity contribution >= 4 is 17.8 Å². The molecule has 2 aliphatic rings. The number of carbonyl (C=O) groups excluding carboxylic acids is 2. The van der Waals surface area contributed by atoms with Crippen LogP contribution in [-0.2, 0) is 19.1 Å². The van der Waals surface area contributed by atoms with Crippen LogP contribution < -0.4 is 14.8 Å². The summed E-state index contributed by atoms with van der Waals surface area (Å²) in [6.45, 7) is 5.32. The Morgan fingerprint density at radius 3 is 2.49 bits per heavy atom. The topological polar surface area (TPSA) is 114 Å². The number of hydrogen-bond donors (Lipinski definition) is 2.